The summed E-state index contributed by atoms with van der Waals surface area (Å²) in [4.78, 5) is 2.43. The quantitative estimate of drug-likeness (QED) is 0.610. The van der Waals surface area contributed by atoms with Gasteiger partial charge in [0.15, 0.2) is 0 Å². The first-order chi connectivity index (χ1) is 6.86. The first-order valence-electron chi connectivity index (χ1n) is 5.75. The Morgan fingerprint density at radius 3 is 2.29 bits per heavy atom. The maximum Gasteiger partial charge on any atom is 0.0261 e. The smallest absolute Gasteiger partial charge is 0.0261 e. The molecule has 0 aromatic carbocycles. The van der Waals surface area contributed by atoms with Gasteiger partial charge in [0, 0.05) is 45.8 Å². The van der Waals surface area contributed by atoms with Crippen molar-refractivity contribution in [2.45, 2.75) is 6.42 Å². The van der Waals surface area contributed by atoms with Gasteiger partial charge in [-0.05, 0) is 20.0 Å². The lowest BCUT2D eigenvalue weighted by atomic mass is 10.4. The van der Waals surface area contributed by atoms with Crippen LogP contribution in [0.5, 0.6) is 0 Å². The first kappa shape index (κ1) is 10.4. The van der Waals surface area contributed by atoms with E-state index in [4.69, 9.17) is 0 Å². The van der Waals surface area contributed by atoms with Crippen LogP contribution in [0.1, 0.15) is 6.42 Å². The molecule has 4 nitrogen and oxygen atoms in total. The van der Waals surface area contributed by atoms with Crippen molar-refractivity contribution in [3.8, 4) is 0 Å². The fourth-order valence-corrected chi connectivity index (χ4v) is 2.25. The highest BCUT2D eigenvalue weighted by Gasteiger charge is 2.19. The Morgan fingerprint density at radius 1 is 0.786 bits per heavy atom. The summed E-state index contributed by atoms with van der Waals surface area (Å²) in [6, 6.07) is 0. The molecule has 0 amide bonds. The second kappa shape index (κ2) is 5.07. The largest absolute Gasteiger partial charge is 0.314 e. The Bertz CT molecular complexity index is 168. The van der Waals surface area contributed by atoms with Crippen molar-refractivity contribution in [2.24, 2.45) is 0 Å². The molecule has 4 heteroatoms. The van der Waals surface area contributed by atoms with Crippen LogP contribution in [0.4, 0.5) is 0 Å². The van der Waals surface area contributed by atoms with Crippen molar-refractivity contribution in [3.05, 3.63) is 0 Å². The maximum absolute atomic E-state index is 3.40. The molecule has 0 unspecified atom stereocenters. The lowest BCUT2D eigenvalue weighted by molar-refractivity contribution is -0.0300. The number of hydrazine groups is 1. The van der Waals surface area contributed by atoms with Gasteiger partial charge < -0.3 is 10.2 Å². The van der Waals surface area contributed by atoms with Crippen molar-refractivity contribution < 1.29 is 0 Å². The minimum absolute atomic E-state index is 1.15. The average molecular weight is 198 g/mol. The van der Waals surface area contributed by atoms with Gasteiger partial charge in [0.1, 0.15) is 0 Å². The molecule has 2 fully saturated rings. The molecule has 0 aromatic heterocycles. The van der Waals surface area contributed by atoms with Gasteiger partial charge in [-0.25, -0.2) is 10.0 Å². The minimum atomic E-state index is 1.15. The standard InChI is InChI=1S/C10H22N4/c1-12-5-2-6-13(10-9-12)14-7-3-11-4-8-14/h11H,2-10H2,1H3. The number of piperazine rings is 1. The first-order valence-corrected chi connectivity index (χ1v) is 5.75. The van der Waals surface area contributed by atoms with Crippen molar-refractivity contribution in [1.29, 1.82) is 0 Å². The third-order valence-electron chi connectivity index (χ3n) is 3.19. The molecule has 0 spiro atoms. The lowest BCUT2D eigenvalue weighted by Crippen LogP contribution is -2.53. The summed E-state index contributed by atoms with van der Waals surface area (Å²) in [5.74, 6) is 0. The Balaban J connectivity index is 1.83. The molecule has 14 heavy (non-hydrogen) atoms. The van der Waals surface area contributed by atoms with Gasteiger partial charge in [0.25, 0.3) is 0 Å². The molecule has 2 aliphatic rings. The van der Waals surface area contributed by atoms with Crippen LogP contribution in [0.15, 0.2) is 0 Å². The van der Waals surface area contributed by atoms with E-state index >= 15 is 0 Å². The van der Waals surface area contributed by atoms with E-state index in [0.717, 1.165) is 13.1 Å². The van der Waals surface area contributed by atoms with Crippen LogP contribution in [0.25, 0.3) is 0 Å². The fraction of sp³-hybridized carbons (Fsp3) is 1.00. The molecule has 2 rings (SSSR count). The van der Waals surface area contributed by atoms with Crippen molar-refractivity contribution in [2.75, 3.05) is 59.4 Å². The van der Waals surface area contributed by atoms with Gasteiger partial charge in [0.2, 0.25) is 0 Å². The fourth-order valence-electron chi connectivity index (χ4n) is 2.25. The van der Waals surface area contributed by atoms with Gasteiger partial charge in [-0.2, -0.15) is 0 Å². The second-order valence-electron chi connectivity index (χ2n) is 4.31. The third kappa shape index (κ3) is 2.67. The topological polar surface area (TPSA) is 21.8 Å². The van der Waals surface area contributed by atoms with E-state index in [0.29, 0.717) is 0 Å². The maximum atomic E-state index is 3.40. The number of nitrogens with one attached hydrogen (secondary N) is 1. The number of nitrogens with zero attached hydrogens (tertiary/aromatic N) is 3. The van der Waals surface area contributed by atoms with Gasteiger partial charge in [-0.15, -0.1) is 0 Å². The van der Waals surface area contributed by atoms with Crippen LogP contribution in [0.3, 0.4) is 0 Å². The summed E-state index contributed by atoms with van der Waals surface area (Å²) in [5.41, 5.74) is 0. The SMILES string of the molecule is CN1CCCN(N2CCNCC2)CC1. The molecule has 0 radical (unpaired) electrons. The second-order valence-corrected chi connectivity index (χ2v) is 4.31. The van der Waals surface area contributed by atoms with Crippen molar-refractivity contribution in [1.82, 2.24) is 20.2 Å². The van der Waals surface area contributed by atoms with Crippen LogP contribution in [-0.4, -0.2) is 74.3 Å². The predicted molar refractivity (Wildman–Crippen MR) is 58.1 cm³/mol. The molecule has 0 aromatic rings. The minimum Gasteiger partial charge on any atom is -0.314 e. The predicted octanol–water partition coefficient (Wildman–Crippen LogP) is -0.556. The van der Waals surface area contributed by atoms with Crippen LogP contribution in [0, 0.1) is 0 Å². The Hall–Kier alpha value is -0.160. The summed E-state index contributed by atoms with van der Waals surface area (Å²) < 4.78 is 0. The lowest BCUT2D eigenvalue weighted by Gasteiger charge is -2.37. The summed E-state index contributed by atoms with van der Waals surface area (Å²) in [7, 11) is 2.22. The monoisotopic (exact) mass is 198 g/mol. The zero-order chi connectivity index (χ0) is 9.80. The number of rotatable bonds is 1. The van der Waals surface area contributed by atoms with Crippen LogP contribution in [0.2, 0.25) is 0 Å². The molecule has 82 valence electrons. The van der Waals surface area contributed by atoms with Crippen LogP contribution in [-0.2, 0) is 0 Å². The molecule has 1 N–H and O–H groups in total. The summed E-state index contributed by atoms with van der Waals surface area (Å²) in [5, 5.41) is 8.47. The molecular weight excluding hydrogens is 176 g/mol. The van der Waals surface area contributed by atoms with Crippen LogP contribution < -0.4 is 5.32 Å². The van der Waals surface area contributed by atoms with E-state index in [1.807, 2.05) is 0 Å². The molecular formula is C10H22N4. The summed E-state index contributed by atoms with van der Waals surface area (Å²) in [6.07, 6.45) is 1.31. The van der Waals surface area contributed by atoms with Crippen LogP contribution >= 0.6 is 0 Å². The van der Waals surface area contributed by atoms with E-state index in [-0.39, 0.29) is 0 Å². The van der Waals surface area contributed by atoms with E-state index in [1.165, 1.54) is 45.7 Å². The molecule has 0 aliphatic carbocycles. The number of hydrogen-bond donors (Lipinski definition) is 1. The summed E-state index contributed by atoms with van der Waals surface area (Å²) in [6.45, 7) is 9.57. The van der Waals surface area contributed by atoms with Gasteiger partial charge in [0.05, 0.1) is 0 Å². The van der Waals surface area contributed by atoms with Gasteiger partial charge in [-0.1, -0.05) is 0 Å². The summed E-state index contributed by atoms with van der Waals surface area (Å²) >= 11 is 0. The zero-order valence-electron chi connectivity index (χ0n) is 9.21. The Labute approximate surface area is 86.8 Å². The molecule has 0 saturated carbocycles. The van der Waals surface area contributed by atoms with Gasteiger partial charge in [-0.3, -0.25) is 0 Å². The number of likely N-dealkylation sites (N-methyl/N-ethyl adjacent to an activating group) is 1. The molecule has 0 atom stereocenters. The zero-order valence-corrected chi connectivity index (χ0v) is 9.21. The highest BCUT2D eigenvalue weighted by atomic mass is 15.6. The average Bonchev–Trinajstić information content (AvgIpc) is 2.44. The van der Waals surface area contributed by atoms with Crippen molar-refractivity contribution in [3.63, 3.8) is 0 Å². The van der Waals surface area contributed by atoms with E-state index < -0.39 is 0 Å². The molecule has 2 saturated heterocycles. The normalized spacial score (nSPS) is 28.9. The highest BCUT2D eigenvalue weighted by Crippen LogP contribution is 2.05. The van der Waals surface area contributed by atoms with Gasteiger partial charge >= 0.3 is 0 Å². The van der Waals surface area contributed by atoms with E-state index in [2.05, 4.69) is 27.3 Å². The Morgan fingerprint density at radius 2 is 1.50 bits per heavy atom. The van der Waals surface area contributed by atoms with E-state index in [1.54, 1.807) is 0 Å². The molecule has 0 bridgehead atoms. The third-order valence-corrected chi connectivity index (χ3v) is 3.19. The van der Waals surface area contributed by atoms with E-state index in [9.17, 15) is 0 Å². The highest BCUT2D eigenvalue weighted by molar-refractivity contribution is 4.70. The van der Waals surface area contributed by atoms with Crippen molar-refractivity contribution >= 4 is 0 Å². The molecule has 2 heterocycles. The number of hydrogen-bond acceptors (Lipinski definition) is 4. The molecule has 2 aliphatic heterocycles. The Kier molecular flexibility index (Phi) is 3.75.